The molecule has 0 unspecified atom stereocenters. The second kappa shape index (κ2) is 8.26. The Balaban J connectivity index is 1.47. The number of alkyl halides is 2. The fourth-order valence-electron chi connectivity index (χ4n) is 5.14. The molecule has 5 rings (SSSR count). The first-order chi connectivity index (χ1) is 15.0. The molecule has 1 N–H and O–H groups in total. The first kappa shape index (κ1) is 20.5. The van der Waals surface area contributed by atoms with Gasteiger partial charge in [0.05, 0.1) is 24.6 Å². The minimum absolute atomic E-state index is 0.000734. The Labute approximate surface area is 182 Å². The number of halogens is 2. The number of nitrogens with one attached hydrogen (secondary N) is 1. The highest BCUT2D eigenvalue weighted by Gasteiger charge is 2.40. The maximum Gasteiger partial charge on any atom is 0.248 e. The van der Waals surface area contributed by atoms with E-state index in [1.807, 2.05) is 13.0 Å². The van der Waals surface area contributed by atoms with Gasteiger partial charge < -0.3 is 19.9 Å². The van der Waals surface area contributed by atoms with Gasteiger partial charge in [-0.15, -0.1) is 0 Å². The van der Waals surface area contributed by atoms with Crippen LogP contribution in [0.5, 0.6) is 0 Å². The molecule has 1 aromatic heterocycles. The molecule has 7 heteroatoms. The largest absolute Gasteiger partial charge is 0.378 e. The van der Waals surface area contributed by atoms with Gasteiger partial charge in [-0.1, -0.05) is 13.0 Å². The van der Waals surface area contributed by atoms with Gasteiger partial charge in [0.15, 0.2) is 0 Å². The summed E-state index contributed by atoms with van der Waals surface area (Å²) in [6.45, 7) is 6.70. The Hall–Kier alpha value is -2.41. The lowest BCUT2D eigenvalue weighted by Gasteiger charge is -2.38. The van der Waals surface area contributed by atoms with Crippen LogP contribution in [-0.4, -0.2) is 43.8 Å². The van der Waals surface area contributed by atoms with E-state index in [0.29, 0.717) is 6.42 Å². The molecule has 0 amide bonds. The monoisotopic (exact) mass is 428 g/mol. The van der Waals surface area contributed by atoms with E-state index in [1.54, 1.807) is 6.20 Å². The molecular weight excluding hydrogens is 398 g/mol. The van der Waals surface area contributed by atoms with Crippen LogP contribution in [0.2, 0.25) is 0 Å². The van der Waals surface area contributed by atoms with Crippen LogP contribution < -0.4 is 15.1 Å². The lowest BCUT2D eigenvalue weighted by atomic mass is 9.78. The van der Waals surface area contributed by atoms with E-state index in [-0.39, 0.29) is 24.7 Å². The average Bonchev–Trinajstić information content (AvgIpc) is 2.92. The highest BCUT2D eigenvalue weighted by molar-refractivity contribution is 5.81. The van der Waals surface area contributed by atoms with Gasteiger partial charge >= 0.3 is 0 Å². The highest BCUT2D eigenvalue weighted by atomic mass is 19.3. The van der Waals surface area contributed by atoms with Crippen LogP contribution in [0.3, 0.4) is 0 Å². The summed E-state index contributed by atoms with van der Waals surface area (Å²) in [6, 6.07) is 10.6. The van der Waals surface area contributed by atoms with Gasteiger partial charge in [-0.25, -0.2) is 13.8 Å². The summed E-state index contributed by atoms with van der Waals surface area (Å²) in [6.07, 6.45) is 2.35. The third-order valence-electron chi connectivity index (χ3n) is 6.96. The molecule has 2 aromatic rings. The van der Waals surface area contributed by atoms with Crippen molar-refractivity contribution in [3.63, 3.8) is 0 Å². The summed E-state index contributed by atoms with van der Waals surface area (Å²) in [5.41, 5.74) is 4.44. The zero-order chi connectivity index (χ0) is 21.4. The molecule has 166 valence electrons. The molecule has 1 aromatic carbocycles. The Morgan fingerprint density at radius 2 is 2.06 bits per heavy atom. The molecule has 3 heterocycles. The number of hydrogen-bond acceptors (Lipinski definition) is 5. The number of morpholine rings is 1. The third-order valence-corrected chi connectivity index (χ3v) is 6.96. The molecule has 31 heavy (non-hydrogen) atoms. The predicted octanol–water partition coefficient (Wildman–Crippen LogP) is 5.05. The van der Waals surface area contributed by atoms with E-state index in [4.69, 9.17) is 4.74 Å². The van der Waals surface area contributed by atoms with E-state index in [2.05, 4.69) is 44.4 Å². The molecule has 1 saturated carbocycles. The summed E-state index contributed by atoms with van der Waals surface area (Å²) in [7, 11) is 0. The topological polar surface area (TPSA) is 40.6 Å². The predicted molar refractivity (Wildman–Crippen MR) is 119 cm³/mol. The van der Waals surface area contributed by atoms with Crippen molar-refractivity contribution in [2.75, 3.05) is 48.0 Å². The number of pyridine rings is 1. The quantitative estimate of drug-likeness (QED) is 0.741. The lowest BCUT2D eigenvalue weighted by Crippen LogP contribution is -2.38. The molecular formula is C24H30F2N4O. The smallest absolute Gasteiger partial charge is 0.248 e. The van der Waals surface area contributed by atoms with Gasteiger partial charge in [0.2, 0.25) is 5.92 Å². The molecule has 1 saturated heterocycles. The number of ether oxygens (including phenoxy) is 1. The van der Waals surface area contributed by atoms with Gasteiger partial charge in [-0.2, -0.15) is 0 Å². The van der Waals surface area contributed by atoms with Crippen molar-refractivity contribution in [1.29, 1.82) is 0 Å². The fraction of sp³-hybridized carbons (Fsp3) is 0.542. The Morgan fingerprint density at radius 1 is 1.23 bits per heavy atom. The van der Waals surface area contributed by atoms with Gasteiger partial charge in [0.1, 0.15) is 5.82 Å². The summed E-state index contributed by atoms with van der Waals surface area (Å²) in [4.78, 5) is 9.26. The number of aromatic nitrogens is 1. The van der Waals surface area contributed by atoms with Crippen LogP contribution in [0.4, 0.5) is 31.7 Å². The van der Waals surface area contributed by atoms with E-state index in [9.17, 15) is 8.78 Å². The second-order valence-electron chi connectivity index (χ2n) is 9.15. The summed E-state index contributed by atoms with van der Waals surface area (Å²) in [5.74, 6) is -1.40. The minimum atomic E-state index is -2.52. The summed E-state index contributed by atoms with van der Waals surface area (Å²) < 4.78 is 33.4. The van der Waals surface area contributed by atoms with Crippen molar-refractivity contribution in [3.8, 4) is 0 Å². The fourth-order valence-corrected chi connectivity index (χ4v) is 5.14. The van der Waals surface area contributed by atoms with Gasteiger partial charge in [-0.05, 0) is 42.5 Å². The van der Waals surface area contributed by atoms with Gasteiger partial charge in [0.25, 0.3) is 0 Å². The number of hydrogen-bond donors (Lipinski definition) is 1. The average molecular weight is 429 g/mol. The van der Waals surface area contributed by atoms with Crippen LogP contribution in [0.15, 0.2) is 36.5 Å². The third kappa shape index (κ3) is 4.33. The molecule has 0 spiro atoms. The Morgan fingerprint density at radius 3 is 2.87 bits per heavy atom. The molecule has 1 aliphatic carbocycles. The van der Waals surface area contributed by atoms with Crippen molar-refractivity contribution in [3.05, 3.63) is 42.1 Å². The number of anilines is 4. The maximum absolute atomic E-state index is 13.9. The zero-order valence-electron chi connectivity index (χ0n) is 18.0. The van der Waals surface area contributed by atoms with Crippen molar-refractivity contribution in [1.82, 2.24) is 4.98 Å². The summed E-state index contributed by atoms with van der Waals surface area (Å²) in [5, 5.41) is 3.51. The number of benzene rings is 1. The molecule has 0 bridgehead atoms. The Kier molecular flexibility index (Phi) is 5.46. The van der Waals surface area contributed by atoms with Crippen molar-refractivity contribution < 1.29 is 13.5 Å². The highest BCUT2D eigenvalue weighted by Crippen LogP contribution is 2.43. The summed E-state index contributed by atoms with van der Waals surface area (Å²) >= 11 is 0. The second-order valence-corrected chi connectivity index (χ2v) is 9.15. The molecule has 2 fully saturated rings. The van der Waals surface area contributed by atoms with E-state index in [1.165, 1.54) is 5.69 Å². The van der Waals surface area contributed by atoms with E-state index >= 15 is 0 Å². The van der Waals surface area contributed by atoms with Gasteiger partial charge in [-0.3, -0.25) is 0 Å². The minimum Gasteiger partial charge on any atom is -0.378 e. The van der Waals surface area contributed by atoms with E-state index in [0.717, 1.165) is 62.1 Å². The van der Waals surface area contributed by atoms with Gasteiger partial charge in [0, 0.05) is 56.5 Å². The number of fused-ring (bicyclic) bond motifs is 2. The standard InChI is InChI=1S/C24H30F2N4O/c1-17-14-24(25,26)7-6-18(17)15-30-16-19-3-2-8-27-23(19)28-21-5-4-20(13-22(21)30)29-9-11-31-12-10-29/h2-5,8,13,17-18H,6-7,9-12,14-16H2,1H3,(H,27,28)/t17-,18+/m0/s1. The maximum atomic E-state index is 13.9. The number of rotatable bonds is 3. The van der Waals surface area contributed by atoms with Crippen molar-refractivity contribution in [2.45, 2.75) is 38.7 Å². The van der Waals surface area contributed by atoms with Crippen LogP contribution >= 0.6 is 0 Å². The first-order valence-electron chi connectivity index (χ1n) is 11.3. The van der Waals surface area contributed by atoms with Crippen LogP contribution in [0.25, 0.3) is 0 Å². The Bertz CT molecular complexity index is 932. The SMILES string of the molecule is C[C@H]1CC(F)(F)CC[C@@H]1CN1Cc2cccnc2Nc2ccc(N3CCOCC3)cc21. The normalized spacial score (nSPS) is 25.3. The zero-order valence-corrected chi connectivity index (χ0v) is 18.0. The molecule has 5 nitrogen and oxygen atoms in total. The van der Waals surface area contributed by atoms with E-state index < -0.39 is 5.92 Å². The molecule has 2 atom stereocenters. The lowest BCUT2D eigenvalue weighted by molar-refractivity contribution is -0.0647. The molecule has 2 aliphatic heterocycles. The number of nitrogens with zero attached hydrogens (tertiary/aromatic N) is 3. The van der Waals surface area contributed by atoms with Crippen LogP contribution in [0.1, 0.15) is 31.7 Å². The van der Waals surface area contributed by atoms with Crippen LogP contribution in [-0.2, 0) is 11.3 Å². The molecule has 3 aliphatic rings. The van der Waals surface area contributed by atoms with Crippen molar-refractivity contribution >= 4 is 22.9 Å². The molecule has 0 radical (unpaired) electrons. The first-order valence-corrected chi connectivity index (χ1v) is 11.3. The van der Waals surface area contributed by atoms with Crippen LogP contribution in [0, 0.1) is 11.8 Å². The van der Waals surface area contributed by atoms with Crippen molar-refractivity contribution in [2.24, 2.45) is 11.8 Å².